The maximum absolute atomic E-state index is 12.9. The molecule has 148 valence electrons. The molecule has 29 heavy (non-hydrogen) atoms. The lowest BCUT2D eigenvalue weighted by molar-refractivity contribution is -0.138. The fraction of sp³-hybridized carbons (Fsp3) is 0.261. The van der Waals surface area contributed by atoms with E-state index in [0.717, 1.165) is 12.8 Å². The monoisotopic (exact) mass is 390 g/mol. The van der Waals surface area contributed by atoms with Crippen LogP contribution >= 0.6 is 0 Å². The summed E-state index contributed by atoms with van der Waals surface area (Å²) in [5, 5.41) is 3.21. The number of carbonyl (C=O) groups excluding carboxylic acids is 2. The van der Waals surface area contributed by atoms with Crippen LogP contribution in [0.15, 0.2) is 70.8 Å². The van der Waals surface area contributed by atoms with Gasteiger partial charge in [0.05, 0.1) is 17.9 Å². The Bertz CT molecular complexity index is 1120. The van der Waals surface area contributed by atoms with Crippen molar-refractivity contribution in [3.63, 3.8) is 0 Å². The first kappa shape index (κ1) is 18.9. The Kier molecular flexibility index (Phi) is 5.16. The molecule has 1 heterocycles. The van der Waals surface area contributed by atoms with Crippen molar-refractivity contribution in [1.29, 1.82) is 0 Å². The highest BCUT2D eigenvalue weighted by atomic mass is 16.5. The Balaban J connectivity index is 1.67. The summed E-state index contributed by atoms with van der Waals surface area (Å²) in [6, 6.07) is 7.02. The fourth-order valence-electron chi connectivity index (χ4n) is 3.86. The third kappa shape index (κ3) is 3.66. The molecule has 1 amide bonds. The van der Waals surface area contributed by atoms with Gasteiger partial charge < -0.3 is 15.0 Å². The number of aromatic nitrogens is 1. The third-order valence-corrected chi connectivity index (χ3v) is 5.33. The first-order valence-electron chi connectivity index (χ1n) is 9.78. The highest BCUT2D eigenvalue weighted by Gasteiger charge is 2.30. The van der Waals surface area contributed by atoms with Gasteiger partial charge in [0, 0.05) is 23.0 Å². The Labute approximate surface area is 168 Å². The van der Waals surface area contributed by atoms with Crippen LogP contribution in [0, 0.1) is 11.8 Å². The van der Waals surface area contributed by atoms with Crippen LogP contribution in [0.2, 0.25) is 0 Å². The third-order valence-electron chi connectivity index (χ3n) is 5.33. The normalized spacial score (nSPS) is 20.4. The standard InChI is InChI=1S/C23H22N2O4/c1-2-29-23(28)17-11-14-7-3-4-8-15(14)12-20(17)25-22(27)18-13-24-19-10-6-5-9-16(19)21(18)26/h3,5-7,9-15H,2,4,8H2,1H3,(H,24,26)(H,25,27). The number of fused-ring (bicyclic) bond motifs is 2. The van der Waals surface area contributed by atoms with E-state index in [4.69, 9.17) is 4.74 Å². The lowest BCUT2D eigenvalue weighted by Crippen LogP contribution is -2.33. The zero-order valence-corrected chi connectivity index (χ0v) is 16.1. The van der Waals surface area contributed by atoms with E-state index < -0.39 is 11.9 Å². The number of hydrogen-bond donors (Lipinski definition) is 2. The van der Waals surface area contributed by atoms with Crippen molar-refractivity contribution in [1.82, 2.24) is 10.3 Å². The average molecular weight is 390 g/mol. The number of rotatable bonds is 4. The number of benzene rings is 1. The molecule has 2 aliphatic carbocycles. The van der Waals surface area contributed by atoms with Gasteiger partial charge in [-0.15, -0.1) is 0 Å². The van der Waals surface area contributed by atoms with Gasteiger partial charge in [-0.25, -0.2) is 4.79 Å². The topological polar surface area (TPSA) is 88.3 Å². The second kappa shape index (κ2) is 7.91. The summed E-state index contributed by atoms with van der Waals surface area (Å²) >= 11 is 0. The Morgan fingerprint density at radius 1 is 1.24 bits per heavy atom. The van der Waals surface area contributed by atoms with Crippen molar-refractivity contribution in [3.05, 3.63) is 81.8 Å². The van der Waals surface area contributed by atoms with E-state index in [1.165, 1.54) is 6.20 Å². The van der Waals surface area contributed by atoms with Crippen molar-refractivity contribution in [2.75, 3.05) is 6.61 Å². The van der Waals surface area contributed by atoms with Crippen LogP contribution in [-0.2, 0) is 9.53 Å². The predicted molar refractivity (Wildman–Crippen MR) is 110 cm³/mol. The Morgan fingerprint density at radius 3 is 2.90 bits per heavy atom. The van der Waals surface area contributed by atoms with Crippen LogP contribution in [0.1, 0.15) is 30.1 Å². The average Bonchev–Trinajstić information content (AvgIpc) is 2.73. The van der Waals surface area contributed by atoms with Crippen molar-refractivity contribution >= 4 is 22.8 Å². The van der Waals surface area contributed by atoms with Gasteiger partial charge in [-0.3, -0.25) is 9.59 Å². The van der Waals surface area contributed by atoms with Crippen LogP contribution < -0.4 is 10.7 Å². The fourth-order valence-corrected chi connectivity index (χ4v) is 3.86. The van der Waals surface area contributed by atoms with E-state index in [1.807, 2.05) is 18.2 Å². The van der Waals surface area contributed by atoms with Gasteiger partial charge >= 0.3 is 5.97 Å². The maximum Gasteiger partial charge on any atom is 0.339 e. The van der Waals surface area contributed by atoms with Gasteiger partial charge in [-0.1, -0.05) is 36.4 Å². The molecular weight excluding hydrogens is 368 g/mol. The highest BCUT2D eigenvalue weighted by molar-refractivity contribution is 6.01. The minimum absolute atomic E-state index is 0.00141. The number of hydrogen-bond acceptors (Lipinski definition) is 4. The summed E-state index contributed by atoms with van der Waals surface area (Å²) in [6.07, 6.45) is 11.2. The van der Waals surface area contributed by atoms with Gasteiger partial charge in [0.2, 0.25) is 5.43 Å². The molecule has 0 bridgehead atoms. The number of allylic oxidation sites excluding steroid dienone is 4. The summed E-state index contributed by atoms with van der Waals surface area (Å²) in [6.45, 7) is 1.98. The summed E-state index contributed by atoms with van der Waals surface area (Å²) in [5.74, 6) is -0.733. The maximum atomic E-state index is 12.9. The largest absolute Gasteiger partial charge is 0.462 e. The second-order valence-electron chi connectivity index (χ2n) is 7.16. The SMILES string of the molecule is CCOC(=O)C1=CC2C=CCCC2C=C1NC(=O)c1c[nH]c2ccccc2c1=O. The molecule has 2 N–H and O–H groups in total. The minimum atomic E-state index is -0.553. The Morgan fingerprint density at radius 2 is 2.07 bits per heavy atom. The van der Waals surface area contributed by atoms with E-state index in [-0.39, 0.29) is 29.4 Å². The smallest absolute Gasteiger partial charge is 0.339 e. The molecule has 0 fully saturated rings. The van der Waals surface area contributed by atoms with E-state index >= 15 is 0 Å². The number of esters is 1. The lowest BCUT2D eigenvalue weighted by atomic mass is 9.78. The molecule has 6 heteroatoms. The van der Waals surface area contributed by atoms with Crippen molar-refractivity contribution in [2.45, 2.75) is 19.8 Å². The van der Waals surface area contributed by atoms with E-state index in [1.54, 1.807) is 25.1 Å². The molecule has 4 rings (SSSR count). The lowest BCUT2D eigenvalue weighted by Gasteiger charge is -2.29. The number of pyridine rings is 1. The van der Waals surface area contributed by atoms with Crippen LogP contribution in [0.4, 0.5) is 0 Å². The molecule has 1 aromatic heterocycles. The number of nitrogens with one attached hydrogen (secondary N) is 2. The molecule has 2 unspecified atom stereocenters. The zero-order valence-electron chi connectivity index (χ0n) is 16.1. The second-order valence-corrected chi connectivity index (χ2v) is 7.16. The first-order valence-corrected chi connectivity index (χ1v) is 9.78. The predicted octanol–water partition coefficient (Wildman–Crippen LogP) is 3.23. The van der Waals surface area contributed by atoms with Gasteiger partial charge in [-0.2, -0.15) is 0 Å². The highest BCUT2D eigenvalue weighted by Crippen LogP contribution is 2.34. The molecular formula is C23H22N2O4. The van der Waals surface area contributed by atoms with E-state index in [0.29, 0.717) is 22.2 Å². The number of ether oxygens (including phenoxy) is 1. The van der Waals surface area contributed by atoms with Crippen molar-refractivity contribution in [3.8, 4) is 0 Å². The van der Waals surface area contributed by atoms with Gasteiger partial charge in [0.15, 0.2) is 0 Å². The molecule has 2 aromatic rings. The molecule has 2 aliphatic rings. The van der Waals surface area contributed by atoms with E-state index in [9.17, 15) is 14.4 Å². The van der Waals surface area contributed by atoms with Crippen LogP contribution in [0.3, 0.4) is 0 Å². The molecule has 0 aliphatic heterocycles. The Hall–Kier alpha value is -3.41. The van der Waals surface area contributed by atoms with Crippen LogP contribution in [0.25, 0.3) is 10.9 Å². The summed E-state index contributed by atoms with van der Waals surface area (Å²) < 4.78 is 5.17. The van der Waals surface area contributed by atoms with Gasteiger partial charge in [-0.05, 0) is 37.8 Å². The molecule has 2 atom stereocenters. The van der Waals surface area contributed by atoms with E-state index in [2.05, 4.69) is 22.5 Å². The number of para-hydroxylation sites is 1. The molecule has 0 saturated carbocycles. The molecule has 6 nitrogen and oxygen atoms in total. The summed E-state index contributed by atoms with van der Waals surface area (Å²) in [4.78, 5) is 41.1. The van der Waals surface area contributed by atoms with Gasteiger partial charge in [0.25, 0.3) is 5.91 Å². The number of carbonyl (C=O) groups is 2. The van der Waals surface area contributed by atoms with Crippen molar-refractivity contribution in [2.24, 2.45) is 11.8 Å². The van der Waals surface area contributed by atoms with Crippen LogP contribution in [0.5, 0.6) is 0 Å². The van der Waals surface area contributed by atoms with Crippen molar-refractivity contribution < 1.29 is 14.3 Å². The summed E-state index contributed by atoms with van der Waals surface area (Å²) in [5.41, 5.74) is 1.03. The molecule has 0 spiro atoms. The number of H-pyrrole nitrogens is 1. The molecule has 0 saturated heterocycles. The first-order chi connectivity index (χ1) is 14.1. The number of amides is 1. The molecule has 0 radical (unpaired) electrons. The van der Waals surface area contributed by atoms with Gasteiger partial charge in [0.1, 0.15) is 5.56 Å². The quantitative estimate of drug-likeness (QED) is 0.620. The van der Waals surface area contributed by atoms with Crippen LogP contribution in [-0.4, -0.2) is 23.5 Å². The summed E-state index contributed by atoms with van der Waals surface area (Å²) in [7, 11) is 0. The number of aromatic amines is 1. The zero-order chi connectivity index (χ0) is 20.4. The molecule has 1 aromatic carbocycles. The minimum Gasteiger partial charge on any atom is -0.462 e.